The average molecular weight is 355 g/mol. The molecule has 25 heavy (non-hydrogen) atoms. The van der Waals surface area contributed by atoms with Crippen molar-refractivity contribution >= 4 is 21.5 Å². The lowest BCUT2D eigenvalue weighted by Gasteiger charge is -2.09. The van der Waals surface area contributed by atoms with Gasteiger partial charge in [-0.2, -0.15) is 0 Å². The molecular formula is C17H17N5O2S. The van der Waals surface area contributed by atoms with Crippen LogP contribution in [0.4, 0.5) is 11.6 Å². The maximum atomic E-state index is 11.6. The molecule has 0 unspecified atom stereocenters. The van der Waals surface area contributed by atoms with E-state index in [1.807, 2.05) is 6.07 Å². The SMILES string of the molecule is CS(=O)(=O)c1cccc(CNc2ccnc(-c3cccnc3N)n2)c1. The Balaban J connectivity index is 1.79. The first-order valence-corrected chi connectivity index (χ1v) is 9.39. The molecule has 0 saturated carbocycles. The van der Waals surface area contributed by atoms with Gasteiger partial charge in [0.2, 0.25) is 0 Å². The van der Waals surface area contributed by atoms with Crippen LogP contribution in [0.5, 0.6) is 0 Å². The minimum Gasteiger partial charge on any atom is -0.383 e. The molecule has 0 atom stereocenters. The predicted molar refractivity (Wildman–Crippen MR) is 96.6 cm³/mol. The summed E-state index contributed by atoms with van der Waals surface area (Å²) in [6, 6.07) is 12.1. The van der Waals surface area contributed by atoms with Gasteiger partial charge >= 0.3 is 0 Å². The van der Waals surface area contributed by atoms with Crippen LogP contribution in [0.3, 0.4) is 0 Å². The van der Waals surface area contributed by atoms with Crippen LogP contribution in [-0.4, -0.2) is 29.6 Å². The second kappa shape index (κ2) is 6.86. The molecule has 3 aromatic rings. The van der Waals surface area contributed by atoms with Gasteiger partial charge in [0, 0.05) is 25.2 Å². The van der Waals surface area contributed by atoms with Crippen molar-refractivity contribution in [2.45, 2.75) is 11.4 Å². The number of rotatable bonds is 5. The van der Waals surface area contributed by atoms with Crippen molar-refractivity contribution in [2.24, 2.45) is 0 Å². The van der Waals surface area contributed by atoms with E-state index in [-0.39, 0.29) is 0 Å². The van der Waals surface area contributed by atoms with E-state index in [2.05, 4.69) is 20.3 Å². The molecule has 3 rings (SSSR count). The summed E-state index contributed by atoms with van der Waals surface area (Å²) in [6.07, 6.45) is 4.42. The number of hydrogen-bond acceptors (Lipinski definition) is 7. The zero-order valence-electron chi connectivity index (χ0n) is 13.5. The maximum Gasteiger partial charge on any atom is 0.175 e. The molecule has 0 radical (unpaired) electrons. The minimum absolute atomic E-state index is 0.290. The van der Waals surface area contributed by atoms with Crippen LogP contribution in [0.1, 0.15) is 5.56 Å². The predicted octanol–water partition coefficient (Wildman–Crippen LogP) is 2.14. The van der Waals surface area contributed by atoms with Crippen LogP contribution in [0.2, 0.25) is 0 Å². The number of sulfone groups is 1. The van der Waals surface area contributed by atoms with Gasteiger partial charge in [-0.15, -0.1) is 0 Å². The summed E-state index contributed by atoms with van der Waals surface area (Å²) in [5.41, 5.74) is 7.35. The summed E-state index contributed by atoms with van der Waals surface area (Å²) >= 11 is 0. The number of anilines is 2. The van der Waals surface area contributed by atoms with Crippen LogP contribution < -0.4 is 11.1 Å². The van der Waals surface area contributed by atoms with Gasteiger partial charge in [0.05, 0.1) is 10.5 Å². The Labute approximate surface area is 145 Å². The Morgan fingerprint density at radius 3 is 2.68 bits per heavy atom. The van der Waals surface area contributed by atoms with E-state index in [9.17, 15) is 8.42 Å². The van der Waals surface area contributed by atoms with Crippen molar-refractivity contribution in [3.8, 4) is 11.4 Å². The van der Waals surface area contributed by atoms with Crippen molar-refractivity contribution in [1.82, 2.24) is 15.0 Å². The molecule has 0 aliphatic carbocycles. The highest BCUT2D eigenvalue weighted by Gasteiger charge is 2.09. The van der Waals surface area contributed by atoms with E-state index in [0.29, 0.717) is 34.5 Å². The van der Waals surface area contributed by atoms with Crippen molar-refractivity contribution in [3.63, 3.8) is 0 Å². The maximum absolute atomic E-state index is 11.6. The number of pyridine rings is 1. The Morgan fingerprint density at radius 1 is 1.08 bits per heavy atom. The van der Waals surface area contributed by atoms with Crippen LogP contribution in [-0.2, 0) is 16.4 Å². The molecule has 2 heterocycles. The van der Waals surface area contributed by atoms with Crippen molar-refractivity contribution < 1.29 is 8.42 Å². The van der Waals surface area contributed by atoms with E-state index in [1.54, 1.807) is 48.8 Å². The number of nitrogens with zero attached hydrogens (tertiary/aromatic N) is 3. The fourth-order valence-electron chi connectivity index (χ4n) is 2.27. The Kier molecular flexibility index (Phi) is 4.62. The van der Waals surface area contributed by atoms with Crippen molar-refractivity contribution in [1.29, 1.82) is 0 Å². The fourth-order valence-corrected chi connectivity index (χ4v) is 2.96. The molecule has 0 bridgehead atoms. The first-order chi connectivity index (χ1) is 11.9. The summed E-state index contributed by atoms with van der Waals surface area (Å²) in [6.45, 7) is 0.433. The molecule has 1 aromatic carbocycles. The topological polar surface area (TPSA) is 111 Å². The normalized spacial score (nSPS) is 11.2. The van der Waals surface area contributed by atoms with Gasteiger partial charge in [-0.3, -0.25) is 0 Å². The highest BCUT2D eigenvalue weighted by atomic mass is 32.2. The average Bonchev–Trinajstić information content (AvgIpc) is 2.60. The van der Waals surface area contributed by atoms with E-state index in [1.165, 1.54) is 6.26 Å². The Morgan fingerprint density at radius 2 is 1.92 bits per heavy atom. The summed E-state index contributed by atoms with van der Waals surface area (Å²) in [5.74, 6) is 1.44. The first-order valence-electron chi connectivity index (χ1n) is 7.50. The number of benzene rings is 1. The summed E-state index contributed by atoms with van der Waals surface area (Å²) in [5, 5.41) is 3.16. The van der Waals surface area contributed by atoms with Gasteiger partial charge in [0.25, 0.3) is 0 Å². The van der Waals surface area contributed by atoms with Crippen molar-refractivity contribution in [2.75, 3.05) is 17.3 Å². The molecule has 8 heteroatoms. The molecule has 128 valence electrons. The number of nitrogens with two attached hydrogens (primary N) is 1. The van der Waals surface area contributed by atoms with Gasteiger partial charge in [0.1, 0.15) is 11.6 Å². The summed E-state index contributed by atoms with van der Waals surface area (Å²) in [4.78, 5) is 13.0. The molecule has 2 aromatic heterocycles. The quantitative estimate of drug-likeness (QED) is 0.721. The largest absolute Gasteiger partial charge is 0.383 e. The Bertz CT molecular complexity index is 1010. The minimum atomic E-state index is -3.23. The smallest absolute Gasteiger partial charge is 0.175 e. The third-order valence-corrected chi connectivity index (χ3v) is 4.65. The van der Waals surface area contributed by atoms with Crippen LogP contribution in [0, 0.1) is 0 Å². The lowest BCUT2D eigenvalue weighted by Crippen LogP contribution is -2.05. The molecule has 0 fully saturated rings. The van der Waals surface area contributed by atoms with Crippen LogP contribution in [0.15, 0.2) is 59.8 Å². The van der Waals surface area contributed by atoms with Gasteiger partial charge in [-0.05, 0) is 35.9 Å². The second-order valence-electron chi connectivity index (χ2n) is 5.47. The molecule has 3 N–H and O–H groups in total. The van der Waals surface area contributed by atoms with Gasteiger partial charge in [-0.1, -0.05) is 12.1 Å². The van der Waals surface area contributed by atoms with Gasteiger partial charge in [-0.25, -0.2) is 23.4 Å². The third kappa shape index (κ3) is 4.10. The number of aromatic nitrogens is 3. The first kappa shape index (κ1) is 16.8. The van der Waals surface area contributed by atoms with E-state index >= 15 is 0 Å². The van der Waals surface area contributed by atoms with Crippen LogP contribution in [0.25, 0.3) is 11.4 Å². The molecule has 0 saturated heterocycles. The zero-order valence-corrected chi connectivity index (χ0v) is 14.4. The number of hydrogen-bond donors (Lipinski definition) is 2. The summed E-state index contributed by atoms with van der Waals surface area (Å²) < 4.78 is 23.3. The highest BCUT2D eigenvalue weighted by molar-refractivity contribution is 7.90. The highest BCUT2D eigenvalue weighted by Crippen LogP contribution is 2.21. The third-order valence-electron chi connectivity index (χ3n) is 3.54. The second-order valence-corrected chi connectivity index (χ2v) is 7.49. The molecule has 0 aliphatic heterocycles. The van der Waals surface area contributed by atoms with E-state index in [0.717, 1.165) is 5.56 Å². The number of nitrogens with one attached hydrogen (secondary N) is 1. The number of nitrogen functional groups attached to an aromatic ring is 1. The van der Waals surface area contributed by atoms with Gasteiger partial charge in [0.15, 0.2) is 15.7 Å². The fraction of sp³-hybridized carbons (Fsp3) is 0.118. The molecular weight excluding hydrogens is 338 g/mol. The zero-order chi connectivity index (χ0) is 17.9. The molecule has 0 aliphatic rings. The lowest BCUT2D eigenvalue weighted by atomic mass is 10.2. The molecule has 0 amide bonds. The molecule has 0 spiro atoms. The van der Waals surface area contributed by atoms with Gasteiger partial charge < -0.3 is 11.1 Å². The molecule has 7 nitrogen and oxygen atoms in total. The van der Waals surface area contributed by atoms with E-state index < -0.39 is 9.84 Å². The summed E-state index contributed by atoms with van der Waals surface area (Å²) in [7, 11) is -3.23. The van der Waals surface area contributed by atoms with Crippen LogP contribution >= 0.6 is 0 Å². The Hall–Kier alpha value is -3.00. The standard InChI is InChI=1S/C17H17N5O2S/c1-25(23,24)13-5-2-4-12(10-13)11-21-15-7-9-20-17(22-15)14-6-3-8-19-16(14)18/h2-10H,11H2,1H3,(H2,18,19)(H,20,21,22). The van der Waals surface area contributed by atoms with Crippen molar-refractivity contribution in [3.05, 3.63) is 60.4 Å². The monoisotopic (exact) mass is 355 g/mol. The lowest BCUT2D eigenvalue weighted by molar-refractivity contribution is 0.601. The van der Waals surface area contributed by atoms with E-state index in [4.69, 9.17) is 5.73 Å².